The number of amides is 1. The van der Waals surface area contributed by atoms with E-state index in [9.17, 15) is 13.2 Å². The summed E-state index contributed by atoms with van der Waals surface area (Å²) in [5.74, 6) is -0.243. The van der Waals surface area contributed by atoms with Gasteiger partial charge < -0.3 is 5.32 Å². The third-order valence-corrected chi connectivity index (χ3v) is 7.32. The van der Waals surface area contributed by atoms with Crippen molar-refractivity contribution in [3.8, 4) is 0 Å². The van der Waals surface area contributed by atoms with Gasteiger partial charge in [-0.2, -0.15) is 0 Å². The molecule has 1 atom stereocenters. The second kappa shape index (κ2) is 9.41. The standard InChI is InChI=1S/C22H29N3O3S/c1-3-24-15-9-13-20(24)17-23-22(26)18-10-8-14-21(16-18)29(27,28)25(4-2)19-11-6-5-7-12-19/h5-8,10-12,14,16,20H,3-4,9,13,15,17H2,1-2H3,(H,23,26). The number of nitrogens with zero attached hydrogens (tertiary/aromatic N) is 2. The Balaban J connectivity index is 1.76. The normalized spacial score (nSPS) is 17.2. The van der Waals surface area contributed by atoms with Crippen LogP contribution in [0, 0.1) is 0 Å². The van der Waals surface area contributed by atoms with Crippen molar-refractivity contribution in [2.75, 3.05) is 30.5 Å². The minimum atomic E-state index is -3.76. The zero-order valence-corrected chi connectivity index (χ0v) is 17.9. The van der Waals surface area contributed by atoms with Crippen molar-refractivity contribution in [1.29, 1.82) is 0 Å². The molecule has 7 heteroatoms. The van der Waals surface area contributed by atoms with Crippen molar-refractivity contribution in [2.45, 2.75) is 37.6 Å². The second-order valence-corrected chi connectivity index (χ2v) is 9.03. The van der Waals surface area contributed by atoms with Crippen molar-refractivity contribution < 1.29 is 13.2 Å². The third kappa shape index (κ3) is 4.79. The maximum Gasteiger partial charge on any atom is 0.264 e. The molecule has 1 aliphatic rings. The van der Waals surface area contributed by atoms with E-state index in [-0.39, 0.29) is 10.8 Å². The van der Waals surface area contributed by atoms with Crippen molar-refractivity contribution in [1.82, 2.24) is 10.2 Å². The molecule has 0 radical (unpaired) electrons. The summed E-state index contributed by atoms with van der Waals surface area (Å²) in [5, 5.41) is 2.97. The van der Waals surface area contributed by atoms with Crippen molar-refractivity contribution >= 4 is 21.6 Å². The first-order valence-electron chi connectivity index (χ1n) is 10.2. The molecule has 1 unspecified atom stereocenters. The molecule has 1 N–H and O–H groups in total. The molecule has 6 nitrogen and oxygen atoms in total. The number of para-hydroxylation sites is 1. The lowest BCUT2D eigenvalue weighted by molar-refractivity contribution is 0.0941. The van der Waals surface area contributed by atoms with Gasteiger partial charge in [0.2, 0.25) is 0 Å². The van der Waals surface area contributed by atoms with E-state index in [4.69, 9.17) is 0 Å². The smallest absolute Gasteiger partial charge is 0.264 e. The van der Waals surface area contributed by atoms with Gasteiger partial charge in [0, 0.05) is 24.7 Å². The molecule has 0 aromatic heterocycles. The fourth-order valence-electron chi connectivity index (χ4n) is 3.87. The summed E-state index contributed by atoms with van der Waals surface area (Å²) in [6.45, 7) is 6.84. The summed E-state index contributed by atoms with van der Waals surface area (Å²) in [6, 6.07) is 15.6. The highest BCUT2D eigenvalue weighted by Crippen LogP contribution is 2.24. The Bertz CT molecular complexity index is 931. The van der Waals surface area contributed by atoms with Crippen LogP contribution in [-0.2, 0) is 10.0 Å². The maximum absolute atomic E-state index is 13.2. The van der Waals surface area contributed by atoms with E-state index in [1.807, 2.05) is 6.07 Å². The lowest BCUT2D eigenvalue weighted by Crippen LogP contribution is -2.40. The Morgan fingerprint density at radius 2 is 1.90 bits per heavy atom. The van der Waals surface area contributed by atoms with Gasteiger partial charge in [0.05, 0.1) is 10.6 Å². The summed E-state index contributed by atoms with van der Waals surface area (Å²) in [7, 11) is -3.76. The Kier molecular flexibility index (Phi) is 6.92. The third-order valence-electron chi connectivity index (χ3n) is 5.42. The lowest BCUT2D eigenvalue weighted by atomic mass is 10.2. The summed E-state index contributed by atoms with van der Waals surface area (Å²) in [4.78, 5) is 15.1. The van der Waals surface area contributed by atoms with Crippen LogP contribution < -0.4 is 9.62 Å². The largest absolute Gasteiger partial charge is 0.350 e. The van der Waals surface area contributed by atoms with Crippen molar-refractivity contribution in [3.63, 3.8) is 0 Å². The Morgan fingerprint density at radius 1 is 1.14 bits per heavy atom. The molecule has 2 aromatic carbocycles. The lowest BCUT2D eigenvalue weighted by Gasteiger charge is -2.24. The molecule has 1 fully saturated rings. The summed E-state index contributed by atoms with van der Waals surface area (Å²) in [6.07, 6.45) is 2.22. The van der Waals surface area contributed by atoms with Gasteiger partial charge in [-0.15, -0.1) is 0 Å². The number of hydrogen-bond donors (Lipinski definition) is 1. The number of nitrogens with one attached hydrogen (secondary N) is 1. The number of likely N-dealkylation sites (tertiary alicyclic amines) is 1. The molecule has 156 valence electrons. The minimum Gasteiger partial charge on any atom is -0.350 e. The Labute approximate surface area is 173 Å². The Hall–Kier alpha value is -2.38. The quantitative estimate of drug-likeness (QED) is 0.719. The molecule has 1 amide bonds. The average Bonchev–Trinajstić information content (AvgIpc) is 3.21. The highest BCUT2D eigenvalue weighted by Gasteiger charge is 2.26. The first kappa shape index (κ1) is 21.3. The van der Waals surface area contributed by atoms with E-state index in [1.165, 1.54) is 16.4 Å². The molecule has 0 aliphatic carbocycles. The fourth-order valence-corrected chi connectivity index (χ4v) is 5.39. The molecule has 29 heavy (non-hydrogen) atoms. The minimum absolute atomic E-state index is 0.118. The van der Waals surface area contributed by atoms with E-state index in [1.54, 1.807) is 43.3 Å². The van der Waals surface area contributed by atoms with Crippen molar-refractivity contribution in [2.24, 2.45) is 0 Å². The first-order chi connectivity index (χ1) is 14.0. The highest BCUT2D eigenvalue weighted by atomic mass is 32.2. The van der Waals surface area contributed by atoms with Gasteiger partial charge in [-0.1, -0.05) is 31.2 Å². The van der Waals surface area contributed by atoms with E-state index >= 15 is 0 Å². The van der Waals surface area contributed by atoms with Crippen LogP contribution in [0.1, 0.15) is 37.0 Å². The van der Waals surface area contributed by atoms with Gasteiger partial charge in [0.25, 0.3) is 15.9 Å². The van der Waals surface area contributed by atoms with E-state index in [0.29, 0.717) is 30.4 Å². The van der Waals surface area contributed by atoms with Crippen LogP contribution in [0.3, 0.4) is 0 Å². The van der Waals surface area contributed by atoms with Crippen LogP contribution in [0.4, 0.5) is 5.69 Å². The number of benzene rings is 2. The van der Waals surface area contributed by atoms with E-state index in [2.05, 4.69) is 17.1 Å². The van der Waals surface area contributed by atoms with Gasteiger partial charge in [-0.25, -0.2) is 8.42 Å². The number of sulfonamides is 1. The van der Waals surface area contributed by atoms with Crippen LogP contribution in [0.15, 0.2) is 59.5 Å². The topological polar surface area (TPSA) is 69.7 Å². The van der Waals surface area contributed by atoms with Crippen LogP contribution in [0.5, 0.6) is 0 Å². The van der Waals surface area contributed by atoms with Crippen LogP contribution in [0.25, 0.3) is 0 Å². The van der Waals surface area contributed by atoms with Gasteiger partial charge in [0.1, 0.15) is 0 Å². The molecule has 1 aliphatic heterocycles. The number of likely N-dealkylation sites (N-methyl/N-ethyl adjacent to an activating group) is 1. The number of anilines is 1. The number of hydrogen-bond acceptors (Lipinski definition) is 4. The van der Waals surface area contributed by atoms with E-state index < -0.39 is 10.0 Å². The summed E-state index contributed by atoms with van der Waals surface area (Å²) < 4.78 is 27.7. The molecule has 2 aromatic rings. The molecule has 0 bridgehead atoms. The van der Waals surface area contributed by atoms with Gasteiger partial charge >= 0.3 is 0 Å². The van der Waals surface area contributed by atoms with Crippen molar-refractivity contribution in [3.05, 3.63) is 60.2 Å². The number of rotatable bonds is 8. The number of carbonyl (C=O) groups is 1. The molecule has 1 saturated heterocycles. The predicted octanol–water partition coefficient (Wildman–Crippen LogP) is 3.12. The van der Waals surface area contributed by atoms with Gasteiger partial charge in [-0.05, 0) is 63.2 Å². The zero-order valence-electron chi connectivity index (χ0n) is 17.0. The highest BCUT2D eigenvalue weighted by molar-refractivity contribution is 7.92. The van der Waals surface area contributed by atoms with Crippen LogP contribution in [-0.4, -0.2) is 51.4 Å². The monoisotopic (exact) mass is 415 g/mol. The summed E-state index contributed by atoms with van der Waals surface area (Å²) >= 11 is 0. The molecule has 0 saturated carbocycles. The van der Waals surface area contributed by atoms with Gasteiger partial charge in [-0.3, -0.25) is 14.0 Å². The molecular formula is C22H29N3O3S. The Morgan fingerprint density at radius 3 is 2.59 bits per heavy atom. The van der Waals surface area contributed by atoms with E-state index in [0.717, 1.165) is 25.9 Å². The summed E-state index contributed by atoms with van der Waals surface area (Å²) in [5.41, 5.74) is 0.960. The molecule has 1 heterocycles. The fraction of sp³-hybridized carbons (Fsp3) is 0.409. The molecular weight excluding hydrogens is 386 g/mol. The second-order valence-electron chi connectivity index (χ2n) is 7.17. The SMILES string of the molecule is CCN1CCCC1CNC(=O)c1cccc(S(=O)(=O)N(CC)c2ccccc2)c1. The van der Waals surface area contributed by atoms with Crippen LogP contribution in [0.2, 0.25) is 0 Å². The zero-order chi connectivity index (χ0) is 20.9. The first-order valence-corrected chi connectivity index (χ1v) is 11.6. The average molecular weight is 416 g/mol. The van der Waals surface area contributed by atoms with Gasteiger partial charge in [0.15, 0.2) is 0 Å². The maximum atomic E-state index is 13.2. The predicted molar refractivity (Wildman–Crippen MR) is 116 cm³/mol. The molecule has 3 rings (SSSR count). The number of carbonyl (C=O) groups excluding carboxylic acids is 1. The molecule has 0 spiro atoms. The van der Waals surface area contributed by atoms with Crippen LogP contribution >= 0.6 is 0 Å².